The van der Waals surface area contributed by atoms with Crippen molar-refractivity contribution in [2.24, 2.45) is 0 Å². The lowest BCUT2D eigenvalue weighted by molar-refractivity contribution is 0.102. The van der Waals surface area contributed by atoms with Gasteiger partial charge < -0.3 is 5.32 Å². The van der Waals surface area contributed by atoms with Crippen LogP contribution in [0.3, 0.4) is 0 Å². The lowest BCUT2D eigenvalue weighted by Crippen LogP contribution is -2.37. The third kappa shape index (κ3) is 3.82. The number of nitrogens with one attached hydrogen (secondary N) is 1. The molecular weight excluding hydrogens is 374 g/mol. The smallest absolute Gasteiger partial charge is 0.257 e. The van der Waals surface area contributed by atoms with Crippen LogP contribution < -0.4 is 9.62 Å². The van der Waals surface area contributed by atoms with Crippen LogP contribution in [0.5, 0.6) is 0 Å². The van der Waals surface area contributed by atoms with Crippen molar-refractivity contribution in [2.75, 3.05) is 21.9 Å². The van der Waals surface area contributed by atoms with Gasteiger partial charge in [-0.25, -0.2) is 8.42 Å². The van der Waals surface area contributed by atoms with Gasteiger partial charge in [0.25, 0.3) is 5.91 Å². The molecule has 134 valence electrons. The number of sulfonamides is 1. The van der Waals surface area contributed by atoms with E-state index in [4.69, 9.17) is 16.9 Å². The number of halogens is 1. The van der Waals surface area contributed by atoms with Crippen LogP contribution in [0, 0.1) is 11.3 Å². The van der Waals surface area contributed by atoms with Crippen molar-refractivity contribution < 1.29 is 13.2 Å². The lowest BCUT2D eigenvalue weighted by Gasteiger charge is -2.28. The topological polar surface area (TPSA) is 90.3 Å². The zero-order chi connectivity index (χ0) is 18.7. The minimum atomic E-state index is -3.34. The number of amides is 1. The number of nitriles is 1. The number of carbonyl (C=O) groups excluding carboxylic acids is 1. The van der Waals surface area contributed by atoms with Crippen LogP contribution in [-0.2, 0) is 10.0 Å². The molecule has 1 N–H and O–H groups in total. The average molecular weight is 390 g/mol. The monoisotopic (exact) mass is 389 g/mol. The molecule has 6 nitrogen and oxygen atoms in total. The molecule has 2 aromatic carbocycles. The molecule has 1 saturated heterocycles. The number of rotatable bonds is 3. The summed E-state index contributed by atoms with van der Waals surface area (Å²) >= 11 is 6.23. The third-order valence-electron chi connectivity index (χ3n) is 4.08. The molecule has 0 atom stereocenters. The average Bonchev–Trinajstić information content (AvgIpc) is 2.61. The van der Waals surface area contributed by atoms with Gasteiger partial charge in [0.15, 0.2) is 0 Å². The Hall–Kier alpha value is -2.56. The van der Waals surface area contributed by atoms with E-state index in [1.54, 1.807) is 30.3 Å². The van der Waals surface area contributed by atoms with Crippen molar-refractivity contribution in [1.82, 2.24) is 0 Å². The second kappa shape index (κ2) is 7.36. The highest BCUT2D eigenvalue weighted by molar-refractivity contribution is 7.92. The minimum absolute atomic E-state index is 0.113. The molecule has 0 spiro atoms. The molecule has 0 saturated carbocycles. The van der Waals surface area contributed by atoms with Crippen molar-refractivity contribution in [1.29, 1.82) is 5.26 Å². The predicted molar refractivity (Wildman–Crippen MR) is 101 cm³/mol. The molecule has 0 aromatic heterocycles. The number of hydrogen-bond donors (Lipinski definition) is 1. The van der Waals surface area contributed by atoms with E-state index in [0.717, 1.165) is 6.42 Å². The Bertz CT molecular complexity index is 999. The van der Waals surface area contributed by atoms with Gasteiger partial charge in [-0.3, -0.25) is 9.10 Å². The summed E-state index contributed by atoms with van der Waals surface area (Å²) < 4.78 is 25.7. The van der Waals surface area contributed by atoms with Crippen LogP contribution in [-0.4, -0.2) is 26.6 Å². The van der Waals surface area contributed by atoms with Crippen LogP contribution in [0.15, 0.2) is 42.5 Å². The lowest BCUT2D eigenvalue weighted by atomic mass is 10.1. The molecule has 0 radical (unpaired) electrons. The largest absolute Gasteiger partial charge is 0.322 e. The van der Waals surface area contributed by atoms with Gasteiger partial charge >= 0.3 is 0 Å². The number of hydrogen-bond acceptors (Lipinski definition) is 4. The first-order valence-electron chi connectivity index (χ1n) is 8.02. The highest BCUT2D eigenvalue weighted by atomic mass is 35.5. The highest BCUT2D eigenvalue weighted by Crippen LogP contribution is 2.28. The standard InChI is InChI=1S/C18H16ClN3O3S/c19-17-11-15(22-8-1-2-9-26(22,24)25)6-7-16(17)18(23)21-14-5-3-4-13(10-14)12-20/h3-7,10-11H,1-2,8-9H2,(H,21,23). The van der Waals surface area contributed by atoms with E-state index in [1.165, 1.54) is 16.4 Å². The molecule has 1 aliphatic rings. The van der Waals surface area contributed by atoms with Gasteiger partial charge in [-0.2, -0.15) is 5.26 Å². The van der Waals surface area contributed by atoms with Crippen molar-refractivity contribution in [2.45, 2.75) is 12.8 Å². The molecule has 1 aliphatic heterocycles. The van der Waals surface area contributed by atoms with Crippen LogP contribution in [0.2, 0.25) is 5.02 Å². The fourth-order valence-corrected chi connectivity index (χ4v) is 4.68. The number of anilines is 2. The van der Waals surface area contributed by atoms with Crippen molar-refractivity contribution in [3.8, 4) is 6.07 Å². The molecule has 1 amide bonds. The fraction of sp³-hybridized carbons (Fsp3) is 0.222. The fourth-order valence-electron chi connectivity index (χ4n) is 2.79. The second-order valence-corrected chi connectivity index (χ2v) is 8.33. The number of nitrogens with zero attached hydrogens (tertiary/aromatic N) is 2. The van der Waals surface area contributed by atoms with Gasteiger partial charge in [-0.15, -0.1) is 0 Å². The van der Waals surface area contributed by atoms with E-state index >= 15 is 0 Å². The van der Waals surface area contributed by atoms with Crippen LogP contribution >= 0.6 is 11.6 Å². The van der Waals surface area contributed by atoms with Gasteiger partial charge in [-0.05, 0) is 49.2 Å². The van der Waals surface area contributed by atoms with Crippen LogP contribution in [0.1, 0.15) is 28.8 Å². The van der Waals surface area contributed by atoms with Crippen molar-refractivity contribution >= 4 is 38.9 Å². The van der Waals surface area contributed by atoms with Crippen LogP contribution in [0.25, 0.3) is 0 Å². The maximum atomic E-state index is 12.4. The molecule has 0 aliphatic carbocycles. The predicted octanol–water partition coefficient (Wildman–Crippen LogP) is 3.39. The van der Waals surface area contributed by atoms with Gasteiger partial charge in [0.2, 0.25) is 10.0 Å². The second-order valence-electron chi connectivity index (χ2n) is 5.91. The Balaban J connectivity index is 1.83. The van der Waals surface area contributed by atoms with Gasteiger partial charge in [0, 0.05) is 12.2 Å². The minimum Gasteiger partial charge on any atom is -0.322 e. The van der Waals surface area contributed by atoms with Crippen molar-refractivity contribution in [3.63, 3.8) is 0 Å². The summed E-state index contributed by atoms with van der Waals surface area (Å²) in [5, 5.41) is 11.8. The van der Waals surface area contributed by atoms with Crippen molar-refractivity contribution in [3.05, 3.63) is 58.6 Å². The zero-order valence-electron chi connectivity index (χ0n) is 13.8. The Labute approximate surface area is 157 Å². The van der Waals surface area contributed by atoms with E-state index < -0.39 is 15.9 Å². The molecule has 8 heteroatoms. The summed E-state index contributed by atoms with van der Waals surface area (Å²) in [6, 6.07) is 13.1. The molecule has 26 heavy (non-hydrogen) atoms. The summed E-state index contributed by atoms with van der Waals surface area (Å²) in [5.41, 5.74) is 1.59. The molecule has 0 bridgehead atoms. The maximum absolute atomic E-state index is 12.4. The SMILES string of the molecule is N#Cc1cccc(NC(=O)c2ccc(N3CCCCS3(=O)=O)cc2Cl)c1. The third-order valence-corrected chi connectivity index (χ3v) is 6.27. The number of carbonyl (C=O) groups is 1. The van der Waals surface area contributed by atoms with E-state index in [1.807, 2.05) is 6.07 Å². The first kappa shape index (κ1) is 18.2. The van der Waals surface area contributed by atoms with Gasteiger partial charge in [0.1, 0.15) is 0 Å². The molecule has 1 fully saturated rings. The number of benzene rings is 2. The van der Waals surface area contributed by atoms with Gasteiger partial charge in [-0.1, -0.05) is 17.7 Å². The zero-order valence-corrected chi connectivity index (χ0v) is 15.3. The normalized spacial score (nSPS) is 15.9. The van der Waals surface area contributed by atoms with E-state index in [2.05, 4.69) is 5.32 Å². The Kier molecular flexibility index (Phi) is 5.16. The van der Waals surface area contributed by atoms with Crippen LogP contribution in [0.4, 0.5) is 11.4 Å². The molecule has 0 unspecified atom stereocenters. The quantitative estimate of drug-likeness (QED) is 0.871. The summed E-state index contributed by atoms with van der Waals surface area (Å²) in [5.74, 6) is -0.319. The molecule has 2 aromatic rings. The Morgan fingerprint density at radius 3 is 2.69 bits per heavy atom. The van der Waals surface area contributed by atoms with E-state index in [9.17, 15) is 13.2 Å². The molecular formula is C18H16ClN3O3S. The van der Waals surface area contributed by atoms with E-state index in [0.29, 0.717) is 29.9 Å². The first-order valence-corrected chi connectivity index (χ1v) is 10.0. The Morgan fingerprint density at radius 1 is 1.19 bits per heavy atom. The maximum Gasteiger partial charge on any atom is 0.257 e. The molecule has 1 heterocycles. The Morgan fingerprint density at radius 2 is 2.00 bits per heavy atom. The summed E-state index contributed by atoms with van der Waals surface area (Å²) in [6.45, 7) is 0.408. The molecule has 3 rings (SSSR count). The highest BCUT2D eigenvalue weighted by Gasteiger charge is 2.26. The summed E-state index contributed by atoms with van der Waals surface area (Å²) in [6.07, 6.45) is 1.43. The summed E-state index contributed by atoms with van der Waals surface area (Å²) in [4.78, 5) is 12.4. The first-order chi connectivity index (χ1) is 12.4. The van der Waals surface area contributed by atoms with Gasteiger partial charge in [0.05, 0.1) is 33.7 Å². The summed E-state index contributed by atoms with van der Waals surface area (Å²) in [7, 11) is -3.34. The van der Waals surface area contributed by atoms with E-state index in [-0.39, 0.29) is 16.3 Å².